The number of hydrogen-bond donors (Lipinski definition) is 3. The van der Waals surface area contributed by atoms with Crippen LogP contribution in [0.2, 0.25) is 5.02 Å². The molecule has 0 bridgehead atoms. The van der Waals surface area contributed by atoms with E-state index in [1.54, 1.807) is 0 Å². The van der Waals surface area contributed by atoms with Crippen LogP contribution >= 0.6 is 11.6 Å². The molecule has 0 aliphatic carbocycles. The normalized spacial score (nSPS) is 12.1. The van der Waals surface area contributed by atoms with E-state index in [1.165, 1.54) is 6.07 Å². The van der Waals surface area contributed by atoms with Crippen molar-refractivity contribution in [2.75, 3.05) is 25.6 Å². The van der Waals surface area contributed by atoms with E-state index in [1.807, 2.05) is 0 Å². The van der Waals surface area contributed by atoms with Crippen molar-refractivity contribution in [3.63, 3.8) is 0 Å². The summed E-state index contributed by atoms with van der Waals surface area (Å²) < 4.78 is 18.0. The van der Waals surface area contributed by atoms with Crippen molar-refractivity contribution in [1.29, 1.82) is 0 Å². The number of halogens is 2. The van der Waals surface area contributed by atoms with Crippen LogP contribution in [-0.2, 0) is 4.74 Å². The lowest BCUT2D eigenvalue weighted by atomic mass is 10.2. The molecule has 18 heavy (non-hydrogen) atoms. The van der Waals surface area contributed by atoms with Gasteiger partial charge in [0.2, 0.25) is 0 Å². The van der Waals surface area contributed by atoms with Gasteiger partial charge in [0.25, 0.3) is 0 Å². The zero-order chi connectivity index (χ0) is 13.7. The smallest absolute Gasteiger partial charge is 0.342 e. The first kappa shape index (κ1) is 14.7. The highest BCUT2D eigenvalue weighted by Crippen LogP contribution is 2.25. The van der Waals surface area contributed by atoms with Gasteiger partial charge >= 0.3 is 5.97 Å². The van der Waals surface area contributed by atoms with E-state index in [9.17, 15) is 9.18 Å². The fourth-order valence-corrected chi connectivity index (χ4v) is 1.56. The van der Waals surface area contributed by atoms with Crippen LogP contribution < -0.4 is 5.32 Å². The summed E-state index contributed by atoms with van der Waals surface area (Å²) in [6, 6.07) is 2.39. The molecule has 0 aliphatic rings. The summed E-state index contributed by atoms with van der Waals surface area (Å²) in [6.45, 7) is -0.382. The molecular weight excluding hydrogens is 265 g/mol. The summed E-state index contributed by atoms with van der Waals surface area (Å²) >= 11 is 5.76. The minimum absolute atomic E-state index is 0.0316. The molecule has 0 amide bonds. The number of rotatable bonds is 5. The lowest BCUT2D eigenvalue weighted by Gasteiger charge is -2.12. The van der Waals surface area contributed by atoms with Gasteiger partial charge in [0.15, 0.2) is 0 Å². The van der Waals surface area contributed by atoms with Gasteiger partial charge in [-0.05, 0) is 12.1 Å². The van der Waals surface area contributed by atoms with Crippen LogP contribution in [0.1, 0.15) is 10.4 Å². The van der Waals surface area contributed by atoms with E-state index in [0.717, 1.165) is 13.2 Å². The van der Waals surface area contributed by atoms with Gasteiger partial charge < -0.3 is 20.3 Å². The summed E-state index contributed by atoms with van der Waals surface area (Å²) in [7, 11) is 1.13. The Morgan fingerprint density at radius 2 is 2.28 bits per heavy atom. The number of aliphatic hydroxyl groups is 2. The van der Waals surface area contributed by atoms with E-state index < -0.39 is 24.5 Å². The Labute approximate surface area is 108 Å². The van der Waals surface area contributed by atoms with E-state index in [0.29, 0.717) is 0 Å². The van der Waals surface area contributed by atoms with E-state index in [4.69, 9.17) is 21.8 Å². The van der Waals surface area contributed by atoms with Gasteiger partial charge in [0.05, 0.1) is 24.8 Å². The van der Waals surface area contributed by atoms with E-state index in [2.05, 4.69) is 10.1 Å². The fraction of sp³-hybridized carbons (Fsp3) is 0.364. The van der Waals surface area contributed by atoms with Gasteiger partial charge in [-0.3, -0.25) is 0 Å². The number of carbonyl (C=O) groups is 1. The lowest BCUT2D eigenvalue weighted by molar-refractivity contribution is 0.0595. The highest BCUT2D eigenvalue weighted by atomic mass is 35.5. The number of hydrogen-bond acceptors (Lipinski definition) is 5. The molecule has 0 spiro atoms. The Bertz CT molecular complexity index is 418. The number of ether oxygens (including phenoxy) is 1. The van der Waals surface area contributed by atoms with Crippen LogP contribution in [0.25, 0.3) is 0 Å². The average Bonchev–Trinajstić information content (AvgIpc) is 2.34. The maximum Gasteiger partial charge on any atom is 0.342 e. The number of anilines is 1. The second-order valence-corrected chi connectivity index (χ2v) is 3.93. The first-order valence-electron chi connectivity index (χ1n) is 5.09. The van der Waals surface area contributed by atoms with Gasteiger partial charge in [0, 0.05) is 12.2 Å². The van der Waals surface area contributed by atoms with Crippen LogP contribution in [0.5, 0.6) is 0 Å². The molecule has 100 valence electrons. The third-order valence-electron chi connectivity index (χ3n) is 2.18. The van der Waals surface area contributed by atoms with E-state index >= 15 is 0 Å². The van der Waals surface area contributed by atoms with Crippen molar-refractivity contribution in [2.24, 2.45) is 0 Å². The Kier molecular flexibility index (Phi) is 5.33. The number of methoxy groups -OCH3 is 1. The molecule has 1 aromatic carbocycles. The summed E-state index contributed by atoms with van der Waals surface area (Å²) in [4.78, 5) is 11.2. The van der Waals surface area contributed by atoms with Crippen molar-refractivity contribution < 1.29 is 24.1 Å². The van der Waals surface area contributed by atoms with Gasteiger partial charge in [-0.2, -0.15) is 0 Å². The van der Waals surface area contributed by atoms with Crippen LogP contribution in [-0.4, -0.2) is 42.5 Å². The second kappa shape index (κ2) is 6.53. The van der Waals surface area contributed by atoms with Crippen LogP contribution in [0, 0.1) is 5.82 Å². The molecule has 7 heteroatoms. The molecule has 1 aromatic rings. The Hall–Kier alpha value is -1.37. The summed E-state index contributed by atoms with van der Waals surface area (Å²) in [6.07, 6.45) is -0.966. The van der Waals surface area contributed by atoms with Crippen molar-refractivity contribution in [3.8, 4) is 0 Å². The number of benzene rings is 1. The van der Waals surface area contributed by atoms with Crippen molar-refractivity contribution in [2.45, 2.75) is 6.10 Å². The molecule has 3 N–H and O–H groups in total. The molecule has 0 saturated carbocycles. The van der Waals surface area contributed by atoms with Gasteiger partial charge in [-0.1, -0.05) is 11.6 Å². The summed E-state index contributed by atoms with van der Waals surface area (Å²) in [5.74, 6) is -1.69. The predicted octanol–water partition coefficient (Wildman–Crippen LogP) is 1.03. The van der Waals surface area contributed by atoms with E-state index in [-0.39, 0.29) is 22.8 Å². The molecule has 0 saturated heterocycles. The number of esters is 1. The minimum atomic E-state index is -0.966. The largest absolute Gasteiger partial charge is 0.465 e. The Balaban J connectivity index is 2.89. The molecule has 0 fully saturated rings. The first-order chi connectivity index (χ1) is 8.49. The lowest BCUT2D eigenvalue weighted by Crippen LogP contribution is -2.23. The number of aliphatic hydroxyl groups excluding tert-OH is 2. The van der Waals surface area contributed by atoms with Crippen LogP contribution in [0.3, 0.4) is 0 Å². The quantitative estimate of drug-likeness (QED) is 0.701. The Morgan fingerprint density at radius 1 is 1.61 bits per heavy atom. The third-order valence-corrected chi connectivity index (χ3v) is 2.48. The number of nitrogens with one attached hydrogen (secondary N) is 1. The average molecular weight is 278 g/mol. The zero-order valence-corrected chi connectivity index (χ0v) is 10.4. The van der Waals surface area contributed by atoms with Gasteiger partial charge in [-0.15, -0.1) is 0 Å². The highest BCUT2D eigenvalue weighted by molar-refractivity contribution is 6.33. The van der Waals surface area contributed by atoms with Crippen LogP contribution in [0.15, 0.2) is 12.1 Å². The molecule has 1 rings (SSSR count). The summed E-state index contributed by atoms with van der Waals surface area (Å²) in [5, 5.41) is 20.3. The molecule has 1 unspecified atom stereocenters. The monoisotopic (exact) mass is 277 g/mol. The summed E-state index contributed by atoms with van der Waals surface area (Å²) in [5.41, 5.74) is -0.0509. The fourth-order valence-electron chi connectivity index (χ4n) is 1.27. The minimum Gasteiger partial charge on any atom is -0.465 e. The maximum atomic E-state index is 13.6. The standard InChI is InChI=1S/C11H13ClFNO4/c1-18-11(17)10-8(12)2-6(3-9(10)13)14-4-7(16)5-15/h2-3,7,14-16H,4-5H2,1H3. The molecular formula is C11H13ClFNO4. The Morgan fingerprint density at radius 3 is 2.78 bits per heavy atom. The molecule has 0 aliphatic heterocycles. The second-order valence-electron chi connectivity index (χ2n) is 3.52. The predicted molar refractivity (Wildman–Crippen MR) is 64.3 cm³/mol. The number of carbonyl (C=O) groups excluding carboxylic acids is 1. The van der Waals surface area contributed by atoms with Crippen molar-refractivity contribution in [1.82, 2.24) is 0 Å². The topological polar surface area (TPSA) is 78.8 Å². The van der Waals surface area contributed by atoms with Gasteiger partial charge in [-0.25, -0.2) is 9.18 Å². The molecule has 0 radical (unpaired) electrons. The van der Waals surface area contributed by atoms with Gasteiger partial charge in [0.1, 0.15) is 11.4 Å². The SMILES string of the molecule is COC(=O)c1c(F)cc(NCC(O)CO)cc1Cl. The molecule has 0 aromatic heterocycles. The van der Waals surface area contributed by atoms with Crippen molar-refractivity contribution >= 4 is 23.3 Å². The molecule has 0 heterocycles. The van der Waals surface area contributed by atoms with Crippen molar-refractivity contribution in [3.05, 3.63) is 28.5 Å². The molecule has 5 nitrogen and oxygen atoms in total. The van der Waals surface area contributed by atoms with Crippen LogP contribution in [0.4, 0.5) is 10.1 Å². The third kappa shape index (κ3) is 3.56. The zero-order valence-electron chi connectivity index (χ0n) is 9.61. The highest BCUT2D eigenvalue weighted by Gasteiger charge is 2.18. The molecule has 1 atom stereocenters. The first-order valence-corrected chi connectivity index (χ1v) is 5.47. The maximum absolute atomic E-state index is 13.6.